The fraction of sp³-hybridized carbons (Fsp3) is 0.600. The first-order chi connectivity index (χ1) is 7.20. The molecule has 0 aromatic carbocycles. The van der Waals surface area contributed by atoms with E-state index in [-0.39, 0.29) is 11.5 Å². The van der Waals surface area contributed by atoms with E-state index >= 15 is 0 Å². The van der Waals surface area contributed by atoms with Gasteiger partial charge in [-0.2, -0.15) is 5.10 Å². The van der Waals surface area contributed by atoms with Crippen LogP contribution in [0, 0.1) is 5.92 Å². The van der Waals surface area contributed by atoms with Gasteiger partial charge in [0, 0.05) is 25.3 Å². The molecule has 1 aliphatic rings. The molecule has 0 saturated carbocycles. The van der Waals surface area contributed by atoms with Crippen LogP contribution >= 0.6 is 0 Å². The average Bonchev–Trinajstić information content (AvgIpc) is 2.67. The Morgan fingerprint density at radius 3 is 3.20 bits per heavy atom. The van der Waals surface area contributed by atoms with E-state index in [1.807, 2.05) is 0 Å². The molecule has 0 amide bonds. The van der Waals surface area contributed by atoms with Crippen molar-refractivity contribution in [2.45, 2.75) is 19.3 Å². The summed E-state index contributed by atoms with van der Waals surface area (Å²) in [4.78, 5) is 10.9. The summed E-state index contributed by atoms with van der Waals surface area (Å²) in [5.74, 6) is -0.409. The van der Waals surface area contributed by atoms with Crippen LogP contribution in [0.2, 0.25) is 0 Å². The van der Waals surface area contributed by atoms with Gasteiger partial charge in [-0.3, -0.25) is 5.10 Å². The van der Waals surface area contributed by atoms with Crippen molar-refractivity contribution < 1.29 is 14.6 Å². The highest BCUT2D eigenvalue weighted by Crippen LogP contribution is 2.32. The third kappa shape index (κ3) is 1.87. The normalized spacial score (nSPS) is 26.5. The molecular weight excluding hydrogens is 196 g/mol. The molecule has 1 saturated heterocycles. The van der Waals surface area contributed by atoms with Gasteiger partial charge in [0.1, 0.15) is 5.56 Å². The Morgan fingerprint density at radius 1 is 1.73 bits per heavy atom. The Labute approximate surface area is 87.4 Å². The number of carbonyl (C=O) groups is 1. The van der Waals surface area contributed by atoms with Crippen molar-refractivity contribution in [1.29, 1.82) is 0 Å². The van der Waals surface area contributed by atoms with Gasteiger partial charge in [-0.25, -0.2) is 4.79 Å². The van der Waals surface area contributed by atoms with Crippen LogP contribution in [0.1, 0.15) is 35.3 Å². The molecule has 1 aromatic rings. The van der Waals surface area contributed by atoms with Gasteiger partial charge in [0.15, 0.2) is 0 Å². The number of carboxylic acid groups (broad SMARTS) is 1. The minimum absolute atomic E-state index is 0.191. The molecule has 82 valence electrons. The zero-order valence-electron chi connectivity index (χ0n) is 8.56. The first-order valence-corrected chi connectivity index (χ1v) is 5.05. The first kappa shape index (κ1) is 10.2. The van der Waals surface area contributed by atoms with Crippen LogP contribution < -0.4 is 0 Å². The van der Waals surface area contributed by atoms with E-state index in [9.17, 15) is 4.79 Å². The first-order valence-electron chi connectivity index (χ1n) is 5.05. The second-order valence-corrected chi connectivity index (χ2v) is 3.94. The zero-order valence-corrected chi connectivity index (χ0v) is 8.56. The highest BCUT2D eigenvalue weighted by atomic mass is 16.5. The van der Waals surface area contributed by atoms with Gasteiger partial charge in [-0.15, -0.1) is 0 Å². The molecule has 2 atom stereocenters. The van der Waals surface area contributed by atoms with Crippen LogP contribution in [0.3, 0.4) is 0 Å². The average molecular weight is 210 g/mol. The smallest absolute Gasteiger partial charge is 0.339 e. The molecule has 15 heavy (non-hydrogen) atoms. The predicted molar refractivity (Wildman–Crippen MR) is 52.9 cm³/mol. The standard InChI is InChI=1S/C10H14N2O3/c1-6-5-15-3-2-7(6)9-8(10(13)14)4-11-12-9/h4,6-7H,2-3,5H2,1H3,(H,11,12)(H,13,14). The number of H-pyrrole nitrogens is 1. The third-order valence-corrected chi connectivity index (χ3v) is 2.89. The van der Waals surface area contributed by atoms with Gasteiger partial charge >= 0.3 is 5.97 Å². The number of hydrogen-bond acceptors (Lipinski definition) is 3. The van der Waals surface area contributed by atoms with Crippen molar-refractivity contribution in [3.8, 4) is 0 Å². The summed E-state index contributed by atoms with van der Waals surface area (Å²) in [6.45, 7) is 3.42. The maximum absolute atomic E-state index is 10.9. The molecule has 2 N–H and O–H groups in total. The molecule has 5 nitrogen and oxygen atoms in total. The highest BCUT2D eigenvalue weighted by Gasteiger charge is 2.29. The lowest BCUT2D eigenvalue weighted by Crippen LogP contribution is -2.25. The Morgan fingerprint density at radius 2 is 2.53 bits per heavy atom. The van der Waals surface area contributed by atoms with Gasteiger partial charge in [0.2, 0.25) is 0 Å². The lowest BCUT2D eigenvalue weighted by molar-refractivity contribution is 0.0454. The van der Waals surface area contributed by atoms with Crippen molar-refractivity contribution in [1.82, 2.24) is 10.2 Å². The summed E-state index contributed by atoms with van der Waals surface area (Å²) in [7, 11) is 0. The summed E-state index contributed by atoms with van der Waals surface area (Å²) < 4.78 is 5.32. The third-order valence-electron chi connectivity index (χ3n) is 2.89. The minimum atomic E-state index is -0.919. The molecule has 1 aliphatic heterocycles. The molecule has 2 heterocycles. The number of carboxylic acids is 1. The number of nitrogens with one attached hydrogen (secondary N) is 1. The molecule has 5 heteroatoms. The van der Waals surface area contributed by atoms with Crippen LogP contribution in [-0.4, -0.2) is 34.5 Å². The highest BCUT2D eigenvalue weighted by molar-refractivity contribution is 5.88. The van der Waals surface area contributed by atoms with Gasteiger partial charge < -0.3 is 9.84 Å². The number of aromatic amines is 1. The van der Waals surface area contributed by atoms with Crippen molar-refractivity contribution in [3.05, 3.63) is 17.5 Å². The van der Waals surface area contributed by atoms with E-state index in [1.165, 1.54) is 6.20 Å². The SMILES string of the molecule is CC1COCCC1c1n[nH]cc1C(=O)O. The van der Waals surface area contributed by atoms with E-state index in [4.69, 9.17) is 9.84 Å². The number of nitrogens with zero attached hydrogens (tertiary/aromatic N) is 1. The lowest BCUT2D eigenvalue weighted by Gasteiger charge is -2.27. The monoisotopic (exact) mass is 210 g/mol. The van der Waals surface area contributed by atoms with Gasteiger partial charge in [0.05, 0.1) is 5.69 Å². The van der Waals surface area contributed by atoms with E-state index in [0.29, 0.717) is 24.8 Å². The number of rotatable bonds is 2. The Hall–Kier alpha value is -1.36. The fourth-order valence-electron chi connectivity index (χ4n) is 2.04. The number of hydrogen-bond donors (Lipinski definition) is 2. The fourth-order valence-corrected chi connectivity index (χ4v) is 2.04. The van der Waals surface area contributed by atoms with E-state index < -0.39 is 5.97 Å². The molecular formula is C10H14N2O3. The largest absolute Gasteiger partial charge is 0.478 e. The van der Waals surface area contributed by atoms with E-state index in [1.54, 1.807) is 0 Å². The van der Waals surface area contributed by atoms with E-state index in [0.717, 1.165) is 6.42 Å². The van der Waals surface area contributed by atoms with Crippen LogP contribution in [0.25, 0.3) is 0 Å². The maximum atomic E-state index is 10.9. The van der Waals surface area contributed by atoms with E-state index in [2.05, 4.69) is 17.1 Å². The summed E-state index contributed by atoms with van der Waals surface area (Å²) in [6, 6.07) is 0. The molecule has 0 bridgehead atoms. The molecule has 1 fully saturated rings. The maximum Gasteiger partial charge on any atom is 0.339 e. The number of ether oxygens (including phenoxy) is 1. The second-order valence-electron chi connectivity index (χ2n) is 3.94. The second kappa shape index (κ2) is 4.02. The molecule has 2 unspecified atom stereocenters. The van der Waals surface area contributed by atoms with Crippen molar-refractivity contribution in [2.75, 3.05) is 13.2 Å². The van der Waals surface area contributed by atoms with Gasteiger partial charge in [0.25, 0.3) is 0 Å². The van der Waals surface area contributed by atoms with Gasteiger partial charge in [-0.05, 0) is 12.3 Å². The zero-order chi connectivity index (χ0) is 10.8. The number of aromatic carboxylic acids is 1. The molecule has 0 radical (unpaired) electrons. The molecule has 0 aliphatic carbocycles. The Balaban J connectivity index is 2.27. The summed E-state index contributed by atoms with van der Waals surface area (Å²) >= 11 is 0. The molecule has 0 spiro atoms. The van der Waals surface area contributed by atoms with Crippen molar-refractivity contribution in [3.63, 3.8) is 0 Å². The van der Waals surface area contributed by atoms with Crippen LogP contribution in [0.5, 0.6) is 0 Å². The summed E-state index contributed by atoms with van der Waals surface area (Å²) in [5.41, 5.74) is 0.951. The van der Waals surface area contributed by atoms with Crippen LogP contribution in [0.15, 0.2) is 6.20 Å². The molecule has 1 aromatic heterocycles. The Kier molecular flexibility index (Phi) is 2.73. The minimum Gasteiger partial charge on any atom is -0.478 e. The van der Waals surface area contributed by atoms with Crippen molar-refractivity contribution in [2.24, 2.45) is 5.92 Å². The molecule has 2 rings (SSSR count). The summed E-state index contributed by atoms with van der Waals surface area (Å²) in [5, 5.41) is 15.7. The van der Waals surface area contributed by atoms with Crippen molar-refractivity contribution >= 4 is 5.97 Å². The van der Waals surface area contributed by atoms with Crippen LogP contribution in [0.4, 0.5) is 0 Å². The summed E-state index contributed by atoms with van der Waals surface area (Å²) in [6.07, 6.45) is 2.28. The number of aromatic nitrogens is 2. The Bertz CT molecular complexity index is 361. The topological polar surface area (TPSA) is 75.2 Å². The lowest BCUT2D eigenvalue weighted by atomic mass is 9.85. The van der Waals surface area contributed by atoms with Crippen LogP contribution in [-0.2, 0) is 4.74 Å². The quantitative estimate of drug-likeness (QED) is 0.770. The predicted octanol–water partition coefficient (Wildman–Crippen LogP) is 1.25. The van der Waals surface area contributed by atoms with Gasteiger partial charge in [-0.1, -0.05) is 6.92 Å².